The molecule has 0 aliphatic carbocycles. The van der Waals surface area contributed by atoms with Gasteiger partial charge in [0.05, 0.1) is 6.04 Å². The van der Waals surface area contributed by atoms with Gasteiger partial charge in [0.1, 0.15) is 18.1 Å². The van der Waals surface area contributed by atoms with Crippen molar-refractivity contribution >= 4 is 40.6 Å². The number of benzene rings is 1. The summed E-state index contributed by atoms with van der Waals surface area (Å²) in [7, 11) is 0. The number of aliphatic carboxylic acids is 2. The highest BCUT2D eigenvalue weighted by atomic mass is 16.4. The van der Waals surface area contributed by atoms with E-state index >= 15 is 0 Å². The lowest BCUT2D eigenvalue weighted by atomic mass is 10.0. The van der Waals surface area contributed by atoms with Crippen LogP contribution in [0.15, 0.2) is 30.5 Å². The van der Waals surface area contributed by atoms with Crippen molar-refractivity contribution < 1.29 is 34.2 Å². The first-order valence-electron chi connectivity index (χ1n) is 14.1. The Labute approximate surface area is 244 Å². The molecule has 2 aromatic rings. The smallest absolute Gasteiger partial charge is 0.326 e. The fraction of sp³-hybridized carbons (Fsp3) is 0.536. The van der Waals surface area contributed by atoms with Gasteiger partial charge in [-0.05, 0) is 76.1 Å². The minimum absolute atomic E-state index is 0.115. The molecule has 4 unspecified atom stereocenters. The maximum atomic E-state index is 13.3. The summed E-state index contributed by atoms with van der Waals surface area (Å²) < 4.78 is 0. The number of aromatic nitrogens is 1. The van der Waals surface area contributed by atoms with Gasteiger partial charge in [0.2, 0.25) is 17.7 Å². The molecule has 3 amide bonds. The number of para-hydroxylation sites is 1. The molecule has 1 aromatic carbocycles. The van der Waals surface area contributed by atoms with Crippen molar-refractivity contribution in [2.24, 2.45) is 17.2 Å². The van der Waals surface area contributed by atoms with E-state index in [2.05, 4.69) is 20.9 Å². The van der Waals surface area contributed by atoms with Gasteiger partial charge < -0.3 is 48.3 Å². The molecule has 14 nitrogen and oxygen atoms in total. The number of carboxylic acid groups (broad SMARTS) is 2. The van der Waals surface area contributed by atoms with Gasteiger partial charge in [0.25, 0.3) is 0 Å². The average molecular weight is 590 g/mol. The molecule has 12 N–H and O–H groups in total. The molecule has 232 valence electrons. The summed E-state index contributed by atoms with van der Waals surface area (Å²) in [5.41, 5.74) is 19.0. The van der Waals surface area contributed by atoms with Crippen LogP contribution < -0.4 is 33.2 Å². The van der Waals surface area contributed by atoms with Crippen molar-refractivity contribution in [1.29, 1.82) is 0 Å². The molecule has 4 atom stereocenters. The van der Waals surface area contributed by atoms with Crippen LogP contribution in [0.4, 0.5) is 0 Å². The first-order valence-corrected chi connectivity index (χ1v) is 14.1. The summed E-state index contributed by atoms with van der Waals surface area (Å²) in [6, 6.07) is 2.91. The number of carbonyl (C=O) groups excluding carboxylic acids is 3. The van der Waals surface area contributed by atoms with Gasteiger partial charge in [-0.1, -0.05) is 18.2 Å². The number of aromatic amines is 1. The summed E-state index contributed by atoms with van der Waals surface area (Å²) in [5, 5.41) is 27.1. The first kappa shape index (κ1) is 34.2. The van der Waals surface area contributed by atoms with E-state index in [4.69, 9.17) is 22.3 Å². The number of fused-ring (bicyclic) bond motifs is 1. The van der Waals surface area contributed by atoms with Gasteiger partial charge in [-0.25, -0.2) is 4.79 Å². The third-order valence-electron chi connectivity index (χ3n) is 6.87. The van der Waals surface area contributed by atoms with Gasteiger partial charge >= 0.3 is 11.9 Å². The van der Waals surface area contributed by atoms with Crippen molar-refractivity contribution in [3.63, 3.8) is 0 Å². The molecule has 42 heavy (non-hydrogen) atoms. The zero-order valence-corrected chi connectivity index (χ0v) is 23.6. The van der Waals surface area contributed by atoms with Gasteiger partial charge in [-0.2, -0.15) is 0 Å². The summed E-state index contributed by atoms with van der Waals surface area (Å²) in [6.07, 6.45) is 3.62. The number of nitrogens with two attached hydrogens (primary N) is 3. The summed E-state index contributed by atoms with van der Waals surface area (Å²) in [4.78, 5) is 65.4. The Kier molecular flexibility index (Phi) is 14.4. The van der Waals surface area contributed by atoms with E-state index in [0.717, 1.165) is 16.5 Å². The number of rotatable bonds is 20. The van der Waals surface area contributed by atoms with Crippen molar-refractivity contribution in [3.05, 3.63) is 36.0 Å². The lowest BCUT2D eigenvalue weighted by Gasteiger charge is -2.25. The molecule has 0 saturated heterocycles. The standard InChI is InChI=1S/C28H43N7O7/c29-13-5-3-9-21(33-25(38)19(31)15-17-16-32-20-8-2-1-7-18(17)20)26(39)34-22(11-12-24(36)37)27(40)35-23(28(41)42)10-4-6-14-30/h1-2,7-8,16,19,21-23,32H,3-6,9-15,29-31H2,(H,33,38)(H,34,39)(H,35,40)(H,36,37)(H,41,42). The van der Waals surface area contributed by atoms with Crippen molar-refractivity contribution in [3.8, 4) is 0 Å². The molecule has 0 bridgehead atoms. The highest BCUT2D eigenvalue weighted by molar-refractivity contribution is 5.94. The molecule has 0 spiro atoms. The number of hydrogen-bond donors (Lipinski definition) is 9. The van der Waals surface area contributed by atoms with Gasteiger partial charge in [-0.3, -0.25) is 19.2 Å². The number of nitrogens with one attached hydrogen (secondary N) is 4. The van der Waals surface area contributed by atoms with Crippen LogP contribution in [0, 0.1) is 0 Å². The highest BCUT2D eigenvalue weighted by Crippen LogP contribution is 2.19. The van der Waals surface area contributed by atoms with E-state index in [0.29, 0.717) is 38.8 Å². The second-order valence-corrected chi connectivity index (χ2v) is 10.2. The van der Waals surface area contributed by atoms with Crippen molar-refractivity contribution in [2.45, 2.75) is 82.0 Å². The zero-order valence-electron chi connectivity index (χ0n) is 23.6. The van der Waals surface area contributed by atoms with Crippen molar-refractivity contribution in [1.82, 2.24) is 20.9 Å². The van der Waals surface area contributed by atoms with Gasteiger partial charge in [0, 0.05) is 23.5 Å². The molecule has 0 fully saturated rings. The lowest BCUT2D eigenvalue weighted by Crippen LogP contribution is -2.57. The molecular formula is C28H43N7O7. The van der Waals surface area contributed by atoms with E-state index in [1.807, 2.05) is 24.3 Å². The van der Waals surface area contributed by atoms with Crippen LogP contribution in [0.25, 0.3) is 10.9 Å². The number of H-pyrrole nitrogens is 1. The molecule has 0 radical (unpaired) electrons. The van der Waals surface area contributed by atoms with Crippen LogP contribution in [0.3, 0.4) is 0 Å². The highest BCUT2D eigenvalue weighted by Gasteiger charge is 2.30. The molecule has 1 aromatic heterocycles. The lowest BCUT2D eigenvalue weighted by molar-refractivity contribution is -0.143. The predicted octanol–water partition coefficient (Wildman–Crippen LogP) is -0.300. The molecule has 0 aliphatic heterocycles. The summed E-state index contributed by atoms with van der Waals surface area (Å²) in [5.74, 6) is -4.60. The van der Waals surface area contributed by atoms with Crippen LogP contribution in [-0.2, 0) is 30.4 Å². The quantitative estimate of drug-likeness (QED) is 0.0911. The second-order valence-electron chi connectivity index (χ2n) is 10.2. The van der Waals surface area contributed by atoms with Crippen LogP contribution >= 0.6 is 0 Å². The summed E-state index contributed by atoms with van der Waals surface area (Å²) >= 11 is 0. The maximum absolute atomic E-state index is 13.3. The predicted molar refractivity (Wildman–Crippen MR) is 156 cm³/mol. The third-order valence-corrected chi connectivity index (χ3v) is 6.87. The Morgan fingerprint density at radius 3 is 1.90 bits per heavy atom. The Morgan fingerprint density at radius 1 is 0.762 bits per heavy atom. The number of carboxylic acids is 2. The molecule has 0 aliphatic rings. The Hall–Kier alpha value is -4.01. The van der Waals surface area contributed by atoms with Gasteiger partial charge in [-0.15, -0.1) is 0 Å². The van der Waals surface area contributed by atoms with Crippen LogP contribution in [0.1, 0.15) is 56.9 Å². The monoisotopic (exact) mass is 589 g/mol. The first-order chi connectivity index (χ1) is 20.1. The molecule has 1 heterocycles. The normalized spacial score (nSPS) is 14.0. The molecular weight excluding hydrogens is 546 g/mol. The zero-order chi connectivity index (χ0) is 31.1. The van der Waals surface area contributed by atoms with Crippen molar-refractivity contribution in [2.75, 3.05) is 13.1 Å². The van der Waals surface area contributed by atoms with E-state index < -0.39 is 60.2 Å². The fourth-order valence-electron chi connectivity index (χ4n) is 4.50. The number of carbonyl (C=O) groups is 5. The van der Waals surface area contributed by atoms with E-state index in [9.17, 15) is 29.1 Å². The Bertz CT molecular complexity index is 1200. The van der Waals surface area contributed by atoms with Crippen LogP contribution in [0.5, 0.6) is 0 Å². The fourth-order valence-corrected chi connectivity index (χ4v) is 4.50. The van der Waals surface area contributed by atoms with Crippen LogP contribution in [-0.4, -0.2) is 82.1 Å². The van der Waals surface area contributed by atoms with Crippen LogP contribution in [0.2, 0.25) is 0 Å². The van der Waals surface area contributed by atoms with Gasteiger partial charge in [0.15, 0.2) is 0 Å². The van der Waals surface area contributed by atoms with E-state index in [1.165, 1.54) is 0 Å². The SMILES string of the molecule is NCCCCC(NC(=O)C(CCC(=O)O)NC(=O)C(CCCCN)NC(=O)C(N)Cc1c[nH]c2ccccc12)C(=O)O. The topological polar surface area (TPSA) is 256 Å². The second kappa shape index (κ2) is 17.7. The number of amides is 3. The summed E-state index contributed by atoms with van der Waals surface area (Å²) in [6.45, 7) is 0.729. The van der Waals surface area contributed by atoms with E-state index in [1.54, 1.807) is 6.20 Å². The molecule has 14 heteroatoms. The Morgan fingerprint density at radius 2 is 1.31 bits per heavy atom. The minimum atomic E-state index is -1.35. The number of hydrogen-bond acceptors (Lipinski definition) is 8. The van der Waals surface area contributed by atoms with E-state index in [-0.39, 0.29) is 25.7 Å². The average Bonchev–Trinajstić information content (AvgIpc) is 3.36. The molecule has 2 rings (SSSR count). The largest absolute Gasteiger partial charge is 0.481 e. The third kappa shape index (κ3) is 11.1. The Balaban J connectivity index is 2.14. The maximum Gasteiger partial charge on any atom is 0.326 e. The minimum Gasteiger partial charge on any atom is -0.481 e. The number of unbranched alkanes of at least 4 members (excludes halogenated alkanes) is 2. The molecule has 0 saturated carbocycles.